The predicted octanol–water partition coefficient (Wildman–Crippen LogP) is 1.19. The summed E-state index contributed by atoms with van der Waals surface area (Å²) in [5.74, 6) is 0.818. The summed E-state index contributed by atoms with van der Waals surface area (Å²) in [4.78, 5) is 0. The molecule has 0 aliphatic rings. The second kappa shape index (κ2) is 3.22. The molecule has 0 radical (unpaired) electrons. The van der Waals surface area contributed by atoms with Gasteiger partial charge in [0.2, 0.25) is 1.43 Å². The summed E-state index contributed by atoms with van der Waals surface area (Å²) in [5.41, 5.74) is 0.973. The molecular weight excluding hydrogens is 128 g/mol. The molecule has 0 saturated carbocycles. The molecule has 1 rings (SSSR count). The highest BCUT2D eigenvalue weighted by Gasteiger charge is 1.89. The summed E-state index contributed by atoms with van der Waals surface area (Å²) in [5, 5.41) is 4.21. The summed E-state index contributed by atoms with van der Waals surface area (Å²) in [6.45, 7) is 0.323. The van der Waals surface area contributed by atoms with Crippen molar-refractivity contribution >= 4 is 0 Å². The molecule has 1 N–H and O–H groups in total. The predicted molar refractivity (Wildman–Crippen MR) is 38.9 cm³/mol. The van der Waals surface area contributed by atoms with Gasteiger partial charge in [0.15, 0.2) is 0 Å². The van der Waals surface area contributed by atoms with E-state index in [0.29, 0.717) is 6.61 Å². The second-order valence-corrected chi connectivity index (χ2v) is 1.99. The van der Waals surface area contributed by atoms with Gasteiger partial charge in [-0.05, 0) is 17.7 Å². The molecule has 10 heavy (non-hydrogen) atoms. The smallest absolute Gasteiger partial charge is 0.211 e. The third-order valence-electron chi connectivity index (χ3n) is 1.33. The van der Waals surface area contributed by atoms with Crippen molar-refractivity contribution in [1.29, 1.82) is 1.43 Å². The molecule has 0 atom stereocenters. The van der Waals surface area contributed by atoms with Crippen molar-refractivity contribution in [3.63, 3.8) is 0 Å². The van der Waals surface area contributed by atoms with Crippen LogP contribution in [0.4, 0.5) is 0 Å². The minimum absolute atomic E-state index is 0.323. The fourth-order valence-corrected chi connectivity index (χ4v) is 0.722. The Hall–Kier alpha value is -1.02. The Morgan fingerprint density at radius 1 is 1.50 bits per heavy atom. The van der Waals surface area contributed by atoms with Gasteiger partial charge in [0.1, 0.15) is 5.75 Å². The van der Waals surface area contributed by atoms with E-state index >= 15 is 0 Å². The van der Waals surface area contributed by atoms with Crippen LogP contribution in [0.2, 0.25) is 0 Å². The van der Waals surface area contributed by atoms with E-state index in [0.717, 1.165) is 11.3 Å². The van der Waals surface area contributed by atoms with Crippen LogP contribution in [-0.4, -0.2) is 13.6 Å². The van der Waals surface area contributed by atoms with Crippen LogP contribution in [-0.2, 0) is 6.61 Å². The zero-order valence-corrected chi connectivity index (χ0v) is 5.83. The number of rotatable bonds is 3. The zero-order valence-electron chi connectivity index (χ0n) is 6.83. The fourth-order valence-electron chi connectivity index (χ4n) is 0.722. The lowest BCUT2D eigenvalue weighted by molar-refractivity contribution is 0.281. The summed E-state index contributed by atoms with van der Waals surface area (Å²) < 4.78 is 11.5. The van der Waals surface area contributed by atoms with Crippen molar-refractivity contribution < 1.29 is 9.85 Å². The van der Waals surface area contributed by atoms with Gasteiger partial charge < -0.3 is 9.85 Å². The van der Waals surface area contributed by atoms with E-state index in [1.54, 1.807) is 7.11 Å². The first kappa shape index (κ1) is 5.74. The highest BCUT2D eigenvalue weighted by atomic mass is 16.5. The van der Waals surface area contributed by atoms with Gasteiger partial charge >= 0.3 is 0 Å². The Balaban J connectivity index is 2.66. The average molecular weight is 140 g/mol. The molecule has 0 fully saturated rings. The van der Waals surface area contributed by atoms with Crippen LogP contribution in [0.15, 0.2) is 24.3 Å². The lowest BCUT2D eigenvalue weighted by atomic mass is 10.2. The van der Waals surface area contributed by atoms with Crippen LogP contribution in [0, 0.1) is 0 Å². The summed E-state index contributed by atoms with van der Waals surface area (Å²) in [6, 6.07) is 7.42. The van der Waals surface area contributed by atoms with Gasteiger partial charge in [-0.2, -0.15) is 0 Å². The van der Waals surface area contributed by atoms with Crippen LogP contribution < -0.4 is 4.74 Å². The van der Waals surface area contributed by atoms with Crippen molar-refractivity contribution in [2.24, 2.45) is 0 Å². The van der Waals surface area contributed by atoms with Gasteiger partial charge in [0.05, 0.1) is 13.7 Å². The maximum absolute atomic E-state index is 6.51. The average Bonchev–Trinajstić information content (AvgIpc) is 2.07. The Bertz CT molecular complexity index is 208. The van der Waals surface area contributed by atoms with E-state index < -0.39 is 0 Å². The Morgan fingerprint density at radius 3 is 2.70 bits per heavy atom. The van der Waals surface area contributed by atoms with E-state index in [-0.39, 0.29) is 0 Å². The maximum atomic E-state index is 6.51. The molecule has 0 amide bonds. The molecule has 1 aromatic rings. The van der Waals surface area contributed by atoms with Crippen molar-refractivity contribution in [3.05, 3.63) is 29.8 Å². The molecule has 0 aromatic heterocycles. The molecule has 0 aliphatic heterocycles. The molecule has 0 saturated heterocycles. The van der Waals surface area contributed by atoms with Gasteiger partial charge in [-0.1, -0.05) is 12.1 Å². The third kappa shape index (κ3) is 1.48. The van der Waals surface area contributed by atoms with E-state index in [1.165, 1.54) is 0 Å². The van der Waals surface area contributed by atoms with E-state index in [2.05, 4.69) is 5.11 Å². The highest BCUT2D eigenvalue weighted by Crippen LogP contribution is 2.10. The quantitative estimate of drug-likeness (QED) is 0.683. The zero-order chi connectivity index (χ0) is 8.10. The van der Waals surface area contributed by atoms with Crippen molar-refractivity contribution in [1.82, 2.24) is 0 Å². The van der Waals surface area contributed by atoms with E-state index in [4.69, 9.17) is 6.17 Å². The summed E-state index contributed by atoms with van der Waals surface area (Å²) >= 11 is 0. The topological polar surface area (TPSA) is 29.5 Å². The number of methoxy groups -OCH3 is 1. The molecule has 2 nitrogen and oxygen atoms in total. The number of aliphatic hydroxyl groups excluding tert-OH is 1. The van der Waals surface area contributed by atoms with Crippen LogP contribution in [0.3, 0.4) is 0 Å². The first-order valence-corrected chi connectivity index (χ1v) is 3.08. The Morgan fingerprint density at radius 2 is 2.20 bits per heavy atom. The lowest BCUT2D eigenvalue weighted by Gasteiger charge is -1.98. The molecular formula is C8H10O2. The molecule has 54 valence electrons. The first-order chi connectivity index (χ1) is 5.36. The number of hydrogen-bond acceptors (Lipinski definition) is 2. The maximum Gasteiger partial charge on any atom is 0.211 e. The van der Waals surface area contributed by atoms with Gasteiger partial charge in [-0.25, -0.2) is 0 Å². The number of ether oxygens (including phenoxy) is 1. The van der Waals surface area contributed by atoms with Crippen LogP contribution in [0.5, 0.6) is 5.75 Å². The molecule has 0 spiro atoms. The van der Waals surface area contributed by atoms with E-state index in [1.807, 2.05) is 24.3 Å². The van der Waals surface area contributed by atoms with Crippen LogP contribution in [0.1, 0.15) is 5.56 Å². The van der Waals surface area contributed by atoms with Crippen molar-refractivity contribution in [2.75, 3.05) is 7.11 Å². The van der Waals surface area contributed by atoms with Crippen LogP contribution in [0.25, 0.3) is 0 Å². The minimum Gasteiger partial charge on any atom is -0.497 e. The monoisotopic (exact) mass is 140 g/mol. The normalized spacial score (nSPS) is 10.7. The third-order valence-corrected chi connectivity index (χ3v) is 1.33. The largest absolute Gasteiger partial charge is 0.497 e. The SMILES string of the molecule is [3H]OCc1ccc(OC)cc1. The Labute approximate surface area is 61.6 Å². The number of benzene rings is 1. The summed E-state index contributed by atoms with van der Waals surface area (Å²) in [7, 11) is 1.62. The number of hydrogen-bond donors (Lipinski definition) is 1. The van der Waals surface area contributed by atoms with Crippen molar-refractivity contribution in [3.8, 4) is 5.75 Å². The fraction of sp³-hybridized carbons (Fsp3) is 0.250. The Kier molecular flexibility index (Phi) is 1.85. The molecule has 0 unspecified atom stereocenters. The summed E-state index contributed by atoms with van der Waals surface area (Å²) in [6.07, 6.45) is 0. The van der Waals surface area contributed by atoms with E-state index in [9.17, 15) is 0 Å². The number of aliphatic hydroxyl groups is 1. The molecule has 0 aliphatic carbocycles. The molecule has 2 heteroatoms. The second-order valence-electron chi connectivity index (χ2n) is 1.99. The van der Waals surface area contributed by atoms with Crippen molar-refractivity contribution in [2.45, 2.75) is 6.61 Å². The lowest BCUT2D eigenvalue weighted by Crippen LogP contribution is -1.84. The molecule has 0 heterocycles. The standard InChI is InChI=1S/C8H10O2/c1-10-8-4-2-7(6-9)3-5-8/h2-5,9H,6H2,1H3/i9T. The van der Waals surface area contributed by atoms with Crippen LogP contribution >= 0.6 is 0 Å². The van der Waals surface area contributed by atoms with Gasteiger partial charge in [-0.3, -0.25) is 0 Å². The molecule has 0 bridgehead atoms. The highest BCUT2D eigenvalue weighted by molar-refractivity contribution is 5.26. The van der Waals surface area contributed by atoms with Gasteiger partial charge in [-0.15, -0.1) is 0 Å². The first-order valence-electron chi connectivity index (χ1n) is 3.48. The van der Waals surface area contributed by atoms with Gasteiger partial charge in [0.25, 0.3) is 0 Å². The minimum atomic E-state index is 0.323. The van der Waals surface area contributed by atoms with Gasteiger partial charge in [0, 0.05) is 0 Å². The molecule has 1 aromatic carbocycles.